The topological polar surface area (TPSA) is 96.0 Å². The first-order chi connectivity index (χ1) is 17.4. The zero-order chi connectivity index (χ0) is 27.8. The average Bonchev–Trinajstić information content (AvgIpc) is 2.84. The highest BCUT2D eigenvalue weighted by Crippen LogP contribution is 2.35. The maximum Gasteiger partial charge on any atom is 0.244 e. The van der Waals surface area contributed by atoms with Gasteiger partial charge in [0, 0.05) is 13.1 Å². The minimum atomic E-state index is -3.97. The summed E-state index contributed by atoms with van der Waals surface area (Å²) in [5.74, 6) is -0.316. The molecule has 1 N–H and O–H groups in total. The van der Waals surface area contributed by atoms with Crippen LogP contribution in [0.15, 0.2) is 36.4 Å². The molecular formula is C25H32Cl3N3O5S. The molecule has 0 radical (unpaired) electrons. The maximum atomic E-state index is 13.7. The molecule has 0 aliphatic rings. The molecule has 8 nitrogen and oxygen atoms in total. The standard InChI is InChI=1S/C25H32Cl3N3O5S/c1-5-7-11-29-25(33)22(6-2)30(15-17-9-8-10-18(12-17)36-3)24(32)16-31(37(4,34)35)23-14-20(27)19(26)13-21(23)28/h8-10,12-14,22H,5-7,11,15-16H2,1-4H3,(H,29,33). The van der Waals surface area contributed by atoms with Crippen molar-refractivity contribution in [2.24, 2.45) is 0 Å². The molecular weight excluding hydrogens is 561 g/mol. The van der Waals surface area contributed by atoms with Gasteiger partial charge >= 0.3 is 0 Å². The number of carbonyl (C=O) groups is 2. The van der Waals surface area contributed by atoms with Gasteiger partial charge in [0.05, 0.1) is 34.1 Å². The van der Waals surface area contributed by atoms with Crippen LogP contribution >= 0.6 is 34.8 Å². The van der Waals surface area contributed by atoms with Crippen LogP contribution < -0.4 is 14.4 Å². The summed E-state index contributed by atoms with van der Waals surface area (Å²) in [5, 5.41) is 3.11. The fourth-order valence-corrected chi connectivity index (χ4v) is 5.24. The van der Waals surface area contributed by atoms with E-state index < -0.39 is 28.5 Å². The number of hydrogen-bond donors (Lipinski definition) is 1. The molecule has 1 unspecified atom stereocenters. The van der Waals surface area contributed by atoms with Crippen molar-refractivity contribution in [2.75, 3.05) is 30.8 Å². The highest BCUT2D eigenvalue weighted by molar-refractivity contribution is 7.92. The molecule has 0 fully saturated rings. The summed E-state index contributed by atoms with van der Waals surface area (Å²) < 4.78 is 31.7. The van der Waals surface area contributed by atoms with Gasteiger partial charge in [0.2, 0.25) is 21.8 Å². The van der Waals surface area contributed by atoms with Gasteiger partial charge in [-0.3, -0.25) is 13.9 Å². The van der Waals surface area contributed by atoms with Crippen molar-refractivity contribution in [2.45, 2.75) is 45.7 Å². The Kier molecular flexibility index (Phi) is 11.8. The Morgan fingerprint density at radius 3 is 2.32 bits per heavy atom. The molecule has 37 heavy (non-hydrogen) atoms. The molecule has 0 saturated heterocycles. The summed E-state index contributed by atoms with van der Waals surface area (Å²) >= 11 is 18.4. The third-order valence-electron chi connectivity index (χ3n) is 5.64. The van der Waals surface area contributed by atoms with Crippen molar-refractivity contribution in [3.63, 3.8) is 0 Å². The van der Waals surface area contributed by atoms with E-state index in [4.69, 9.17) is 39.5 Å². The molecule has 2 aromatic carbocycles. The van der Waals surface area contributed by atoms with E-state index in [0.29, 0.717) is 24.3 Å². The Morgan fingerprint density at radius 2 is 1.73 bits per heavy atom. The van der Waals surface area contributed by atoms with Gasteiger partial charge in [0.1, 0.15) is 18.3 Å². The normalized spacial score (nSPS) is 12.1. The van der Waals surface area contributed by atoms with Gasteiger partial charge in [-0.2, -0.15) is 0 Å². The molecule has 0 bridgehead atoms. The van der Waals surface area contributed by atoms with E-state index in [0.717, 1.165) is 23.4 Å². The predicted octanol–water partition coefficient (Wildman–Crippen LogP) is 5.15. The molecule has 0 spiro atoms. The van der Waals surface area contributed by atoms with Crippen molar-refractivity contribution >= 4 is 62.3 Å². The second kappa shape index (κ2) is 14.1. The lowest BCUT2D eigenvalue weighted by atomic mass is 10.1. The number of benzene rings is 2. The van der Waals surface area contributed by atoms with Crippen LogP contribution in [-0.2, 0) is 26.2 Å². The van der Waals surface area contributed by atoms with Gasteiger partial charge < -0.3 is 15.0 Å². The number of nitrogens with zero attached hydrogens (tertiary/aromatic N) is 2. The van der Waals surface area contributed by atoms with Crippen molar-refractivity contribution < 1.29 is 22.7 Å². The van der Waals surface area contributed by atoms with E-state index in [1.54, 1.807) is 31.2 Å². The van der Waals surface area contributed by atoms with Crippen LogP contribution in [0.3, 0.4) is 0 Å². The van der Waals surface area contributed by atoms with Gasteiger partial charge in [0.25, 0.3) is 0 Å². The zero-order valence-corrected chi connectivity index (χ0v) is 24.3. The van der Waals surface area contributed by atoms with E-state index in [1.165, 1.54) is 24.1 Å². The average molecular weight is 593 g/mol. The number of nitrogens with one attached hydrogen (secondary N) is 1. The van der Waals surface area contributed by atoms with E-state index in [1.807, 2.05) is 6.92 Å². The molecule has 0 aliphatic carbocycles. The van der Waals surface area contributed by atoms with E-state index >= 15 is 0 Å². The number of unbranched alkanes of at least 4 members (excludes halogenated alkanes) is 1. The first-order valence-electron chi connectivity index (χ1n) is 11.7. The number of sulfonamides is 1. The van der Waals surface area contributed by atoms with Gasteiger partial charge in [-0.15, -0.1) is 0 Å². The Balaban J connectivity index is 2.49. The number of rotatable bonds is 13. The maximum absolute atomic E-state index is 13.7. The largest absolute Gasteiger partial charge is 0.497 e. The summed E-state index contributed by atoms with van der Waals surface area (Å²) in [4.78, 5) is 28.2. The van der Waals surface area contributed by atoms with Gasteiger partial charge in [-0.05, 0) is 42.7 Å². The van der Waals surface area contributed by atoms with Crippen LogP contribution in [0.25, 0.3) is 0 Å². The summed E-state index contributed by atoms with van der Waals surface area (Å²) in [5.41, 5.74) is 0.722. The summed E-state index contributed by atoms with van der Waals surface area (Å²) in [6, 6.07) is 8.87. The molecule has 2 aromatic rings. The lowest BCUT2D eigenvalue weighted by Gasteiger charge is -2.33. The zero-order valence-electron chi connectivity index (χ0n) is 21.3. The number of amides is 2. The molecule has 0 heterocycles. The molecule has 204 valence electrons. The van der Waals surface area contributed by atoms with Crippen molar-refractivity contribution in [3.8, 4) is 5.75 Å². The fraction of sp³-hybridized carbons (Fsp3) is 0.440. The Bertz CT molecular complexity index is 1210. The minimum Gasteiger partial charge on any atom is -0.497 e. The van der Waals surface area contributed by atoms with Crippen LogP contribution in [0.2, 0.25) is 15.1 Å². The lowest BCUT2D eigenvalue weighted by molar-refractivity contribution is -0.140. The van der Waals surface area contributed by atoms with Crippen LogP contribution in [-0.4, -0.2) is 57.6 Å². The summed E-state index contributed by atoms with van der Waals surface area (Å²) in [7, 11) is -2.44. The van der Waals surface area contributed by atoms with Crippen molar-refractivity contribution in [1.29, 1.82) is 0 Å². The summed E-state index contributed by atoms with van der Waals surface area (Å²) in [6.45, 7) is 3.74. The third kappa shape index (κ3) is 8.67. The molecule has 2 amide bonds. The van der Waals surface area contributed by atoms with Crippen molar-refractivity contribution in [1.82, 2.24) is 10.2 Å². The van der Waals surface area contributed by atoms with E-state index in [2.05, 4.69) is 5.32 Å². The van der Waals surface area contributed by atoms with Gasteiger partial charge in [0.15, 0.2) is 0 Å². The number of halogens is 3. The molecule has 0 aromatic heterocycles. The number of hydrogen-bond acceptors (Lipinski definition) is 5. The van der Waals surface area contributed by atoms with Gasteiger partial charge in [-0.1, -0.05) is 67.2 Å². The lowest BCUT2D eigenvalue weighted by Crippen LogP contribution is -2.52. The molecule has 0 saturated carbocycles. The van der Waals surface area contributed by atoms with Crippen LogP contribution in [0.4, 0.5) is 5.69 Å². The second-order valence-electron chi connectivity index (χ2n) is 8.43. The SMILES string of the molecule is CCCCNC(=O)C(CC)N(Cc1cccc(OC)c1)C(=O)CN(c1cc(Cl)c(Cl)cc1Cl)S(C)(=O)=O. The van der Waals surface area contributed by atoms with Crippen molar-refractivity contribution in [3.05, 3.63) is 57.0 Å². The first kappa shape index (κ1) is 31.0. The molecule has 2 rings (SSSR count). The summed E-state index contributed by atoms with van der Waals surface area (Å²) in [6.07, 6.45) is 2.97. The third-order valence-corrected chi connectivity index (χ3v) is 7.79. The first-order valence-corrected chi connectivity index (χ1v) is 14.7. The van der Waals surface area contributed by atoms with Gasteiger partial charge in [-0.25, -0.2) is 8.42 Å². The number of carbonyl (C=O) groups excluding carboxylic acids is 2. The van der Waals surface area contributed by atoms with Crippen LogP contribution in [0.5, 0.6) is 5.75 Å². The van der Waals surface area contributed by atoms with Crippen LogP contribution in [0, 0.1) is 0 Å². The number of anilines is 1. The number of methoxy groups -OCH3 is 1. The highest BCUT2D eigenvalue weighted by Gasteiger charge is 2.32. The quantitative estimate of drug-likeness (QED) is 0.257. The Hall–Kier alpha value is -2.20. The smallest absolute Gasteiger partial charge is 0.244 e. The monoisotopic (exact) mass is 591 g/mol. The molecule has 1 atom stereocenters. The predicted molar refractivity (Wildman–Crippen MR) is 149 cm³/mol. The number of ether oxygens (including phenoxy) is 1. The second-order valence-corrected chi connectivity index (χ2v) is 11.6. The molecule has 12 heteroatoms. The Labute approximate surface area is 233 Å². The highest BCUT2D eigenvalue weighted by atomic mass is 35.5. The Morgan fingerprint density at radius 1 is 1.05 bits per heavy atom. The van der Waals surface area contributed by atoms with E-state index in [-0.39, 0.29) is 33.2 Å². The minimum absolute atomic E-state index is 0.00805. The molecule has 0 aliphatic heterocycles. The van der Waals surface area contributed by atoms with Crippen LogP contribution in [0.1, 0.15) is 38.7 Å². The van der Waals surface area contributed by atoms with E-state index in [9.17, 15) is 18.0 Å². The fourth-order valence-electron chi connectivity index (χ4n) is 3.69.